The number of fused-ring (bicyclic) bond motifs is 7. The normalized spacial score (nSPS) is 43.8. The maximum absolute atomic E-state index is 14.5. The highest BCUT2D eigenvalue weighted by molar-refractivity contribution is 6.04. The van der Waals surface area contributed by atoms with Gasteiger partial charge in [0.15, 0.2) is 11.6 Å². The van der Waals surface area contributed by atoms with Crippen molar-refractivity contribution in [3.05, 3.63) is 23.3 Å². The van der Waals surface area contributed by atoms with Gasteiger partial charge in [-0.15, -0.1) is 0 Å². The van der Waals surface area contributed by atoms with Crippen molar-refractivity contribution in [2.45, 2.75) is 99.0 Å². The SMILES string of the molecule is CN(C)C(=O)N[C@]12CCC(C)(C)C[C@H]1[C@H]1C(=O)C=C3[C@@]4(C)C=C(C#N)C(=O)C(C)(C)[C@@H]4CC[C@@]3(C)[C@]1(C)CC2. The van der Waals surface area contributed by atoms with Gasteiger partial charge in [-0.2, -0.15) is 5.26 Å². The molecule has 0 aromatic heterocycles. The Kier molecular flexibility index (Phi) is 5.99. The molecule has 0 radical (unpaired) electrons. The van der Waals surface area contributed by atoms with Gasteiger partial charge in [0.2, 0.25) is 0 Å². The lowest BCUT2D eigenvalue weighted by molar-refractivity contribution is -0.160. The first-order valence-electron chi connectivity index (χ1n) is 14.8. The van der Waals surface area contributed by atoms with E-state index in [0.717, 1.165) is 50.5 Å². The van der Waals surface area contributed by atoms with E-state index in [-0.39, 0.29) is 62.7 Å². The number of hydrogen-bond acceptors (Lipinski definition) is 4. The number of nitriles is 1. The van der Waals surface area contributed by atoms with Crippen LogP contribution in [0.4, 0.5) is 4.79 Å². The third kappa shape index (κ3) is 3.60. The maximum atomic E-state index is 14.5. The van der Waals surface area contributed by atoms with Crippen molar-refractivity contribution >= 4 is 17.6 Å². The lowest BCUT2D eigenvalue weighted by atomic mass is 9.35. The van der Waals surface area contributed by atoms with Gasteiger partial charge < -0.3 is 10.2 Å². The Morgan fingerprint density at radius 1 is 1.00 bits per heavy atom. The average Bonchev–Trinajstić information content (AvgIpc) is 2.83. The molecule has 5 aliphatic carbocycles. The van der Waals surface area contributed by atoms with Crippen molar-refractivity contribution in [2.75, 3.05) is 14.1 Å². The first kappa shape index (κ1) is 28.1. The minimum absolute atomic E-state index is 0.0394. The number of hydrogen-bond donors (Lipinski definition) is 1. The summed E-state index contributed by atoms with van der Waals surface area (Å²) in [5, 5.41) is 13.3. The van der Waals surface area contributed by atoms with E-state index in [1.807, 2.05) is 26.0 Å². The molecule has 0 heterocycles. The minimum atomic E-state index is -0.664. The number of nitrogens with one attached hydrogen (secondary N) is 1. The van der Waals surface area contributed by atoms with Crippen molar-refractivity contribution < 1.29 is 14.4 Å². The average molecular weight is 534 g/mol. The summed E-state index contributed by atoms with van der Waals surface area (Å²) in [6.45, 7) is 15.4. The second kappa shape index (κ2) is 8.30. The Bertz CT molecular complexity index is 1250. The van der Waals surface area contributed by atoms with Crippen LogP contribution in [0.3, 0.4) is 0 Å². The zero-order chi connectivity index (χ0) is 29.0. The van der Waals surface area contributed by atoms with Gasteiger partial charge in [-0.25, -0.2) is 4.79 Å². The number of rotatable bonds is 1. The highest BCUT2D eigenvalue weighted by Gasteiger charge is 2.70. The highest BCUT2D eigenvalue weighted by atomic mass is 16.2. The standard InChI is InChI=1S/C33H47N3O3/c1-28(2)12-14-33(35-27(39)36(8)9)15-13-32(7)25(21(33)18-28)22(37)16-24-30(5)17-20(19-34)26(38)29(3,4)23(30)10-11-31(24,32)6/h16-17,21,23,25H,10-15,18H2,1-9H3,(H,35,39)/t21-,23-,25-,30-,31+,32+,33-/m0/s1. The number of allylic oxidation sites excluding steroid dienone is 4. The smallest absolute Gasteiger partial charge is 0.317 e. The van der Waals surface area contributed by atoms with Gasteiger partial charge in [0.25, 0.3) is 0 Å². The third-order valence-corrected chi connectivity index (χ3v) is 12.6. The summed E-state index contributed by atoms with van der Waals surface area (Å²) in [6, 6.07) is 2.11. The molecule has 3 saturated carbocycles. The second-order valence-corrected chi connectivity index (χ2v) is 15.7. The summed E-state index contributed by atoms with van der Waals surface area (Å²) in [6.07, 6.45) is 10.2. The molecule has 6 nitrogen and oxygen atoms in total. The first-order chi connectivity index (χ1) is 17.9. The molecule has 5 aliphatic rings. The van der Waals surface area contributed by atoms with Gasteiger partial charge in [-0.05, 0) is 79.1 Å². The molecule has 0 aromatic rings. The fourth-order valence-electron chi connectivity index (χ4n) is 10.2. The largest absolute Gasteiger partial charge is 0.332 e. The number of urea groups is 1. The molecule has 7 atom stereocenters. The Labute approximate surface area is 234 Å². The number of carbonyl (C=O) groups excluding carboxylic acids is 3. The Balaban J connectivity index is 1.67. The summed E-state index contributed by atoms with van der Waals surface area (Å²) < 4.78 is 0. The molecular formula is C33H47N3O3. The molecule has 3 fully saturated rings. The van der Waals surface area contributed by atoms with Crippen LogP contribution in [0.5, 0.6) is 0 Å². The van der Waals surface area contributed by atoms with Crippen LogP contribution in [-0.4, -0.2) is 42.1 Å². The zero-order valence-corrected chi connectivity index (χ0v) is 25.5. The van der Waals surface area contributed by atoms with E-state index in [9.17, 15) is 19.6 Å². The van der Waals surface area contributed by atoms with Gasteiger partial charge in [0.05, 0.1) is 5.57 Å². The summed E-state index contributed by atoms with van der Waals surface area (Å²) in [5.41, 5.74) is -0.658. The minimum Gasteiger partial charge on any atom is -0.332 e. The van der Waals surface area contributed by atoms with Gasteiger partial charge in [0.1, 0.15) is 6.07 Å². The van der Waals surface area contributed by atoms with Crippen molar-refractivity contribution in [3.63, 3.8) is 0 Å². The van der Waals surface area contributed by atoms with Crippen LogP contribution in [0.2, 0.25) is 0 Å². The molecule has 5 rings (SSSR count). The van der Waals surface area contributed by atoms with Crippen LogP contribution >= 0.6 is 0 Å². The van der Waals surface area contributed by atoms with Crippen LogP contribution in [0.25, 0.3) is 0 Å². The van der Waals surface area contributed by atoms with Crippen LogP contribution < -0.4 is 5.32 Å². The molecule has 0 spiro atoms. The Hall–Kier alpha value is -2.42. The number of carbonyl (C=O) groups is 3. The predicted octanol–water partition coefficient (Wildman–Crippen LogP) is 6.23. The highest BCUT2D eigenvalue weighted by Crippen LogP contribution is 2.73. The molecule has 212 valence electrons. The Morgan fingerprint density at radius 3 is 2.26 bits per heavy atom. The maximum Gasteiger partial charge on any atom is 0.317 e. The molecule has 39 heavy (non-hydrogen) atoms. The number of Topliss-reactive ketones (excluding diaryl/α,β-unsaturated/α-hetero) is 1. The number of amides is 2. The van der Waals surface area contributed by atoms with E-state index in [2.05, 4.69) is 46.0 Å². The molecule has 0 bridgehead atoms. The van der Waals surface area contributed by atoms with Crippen LogP contribution in [0.15, 0.2) is 23.3 Å². The molecule has 0 aromatic carbocycles. The summed E-state index contributed by atoms with van der Waals surface area (Å²) in [7, 11) is 3.56. The van der Waals surface area contributed by atoms with Crippen molar-refractivity contribution in [1.82, 2.24) is 10.2 Å². The van der Waals surface area contributed by atoms with E-state index in [1.165, 1.54) is 0 Å². The Morgan fingerprint density at radius 2 is 1.64 bits per heavy atom. The van der Waals surface area contributed by atoms with E-state index >= 15 is 0 Å². The van der Waals surface area contributed by atoms with E-state index < -0.39 is 10.8 Å². The summed E-state index contributed by atoms with van der Waals surface area (Å²) in [5.74, 6) is 0.00860. The first-order valence-corrected chi connectivity index (χ1v) is 14.8. The topological polar surface area (TPSA) is 90.3 Å². The molecule has 0 unspecified atom stereocenters. The molecule has 1 N–H and O–H groups in total. The molecular weight excluding hydrogens is 486 g/mol. The summed E-state index contributed by atoms with van der Waals surface area (Å²) in [4.78, 5) is 42.4. The van der Waals surface area contributed by atoms with E-state index in [0.29, 0.717) is 0 Å². The molecule has 0 saturated heterocycles. The lowest BCUT2D eigenvalue weighted by Gasteiger charge is -2.69. The predicted molar refractivity (Wildman–Crippen MR) is 151 cm³/mol. The second-order valence-electron chi connectivity index (χ2n) is 15.7. The fourth-order valence-corrected chi connectivity index (χ4v) is 10.2. The van der Waals surface area contributed by atoms with Gasteiger partial charge >= 0.3 is 6.03 Å². The fraction of sp³-hybridized carbons (Fsp3) is 0.758. The molecule has 0 aliphatic heterocycles. The van der Waals surface area contributed by atoms with E-state index in [4.69, 9.17) is 0 Å². The van der Waals surface area contributed by atoms with Gasteiger partial charge in [0, 0.05) is 36.4 Å². The zero-order valence-electron chi connectivity index (χ0n) is 25.5. The lowest BCUT2D eigenvalue weighted by Crippen LogP contribution is -2.70. The van der Waals surface area contributed by atoms with Gasteiger partial charge in [-0.1, -0.05) is 60.1 Å². The van der Waals surface area contributed by atoms with E-state index in [1.54, 1.807) is 19.0 Å². The third-order valence-electron chi connectivity index (χ3n) is 12.6. The number of nitrogens with zero attached hydrogens (tertiary/aromatic N) is 2. The molecule has 2 amide bonds. The summed E-state index contributed by atoms with van der Waals surface area (Å²) >= 11 is 0. The molecule has 6 heteroatoms. The van der Waals surface area contributed by atoms with Crippen LogP contribution in [0.1, 0.15) is 93.4 Å². The quantitative estimate of drug-likeness (QED) is 0.433. The van der Waals surface area contributed by atoms with Crippen LogP contribution in [0, 0.1) is 56.2 Å². The van der Waals surface area contributed by atoms with Crippen LogP contribution in [-0.2, 0) is 9.59 Å². The van der Waals surface area contributed by atoms with Crippen molar-refractivity contribution in [2.24, 2.45) is 44.8 Å². The van der Waals surface area contributed by atoms with Crippen molar-refractivity contribution in [1.29, 1.82) is 5.26 Å². The van der Waals surface area contributed by atoms with Crippen molar-refractivity contribution in [3.8, 4) is 6.07 Å². The monoisotopic (exact) mass is 533 g/mol. The number of ketones is 2. The van der Waals surface area contributed by atoms with Gasteiger partial charge in [-0.3, -0.25) is 9.59 Å².